The number of nitrogens with one attached hydrogen (secondary N) is 2. The summed E-state index contributed by atoms with van der Waals surface area (Å²) in [5.41, 5.74) is 1.14. The minimum atomic E-state index is -0.363. The lowest BCUT2D eigenvalue weighted by atomic mass is 10.2. The molecule has 0 atom stereocenters. The van der Waals surface area contributed by atoms with E-state index in [2.05, 4.69) is 10.6 Å². The van der Waals surface area contributed by atoms with Crippen molar-refractivity contribution >= 4 is 34.8 Å². The van der Waals surface area contributed by atoms with Crippen molar-refractivity contribution in [2.24, 2.45) is 0 Å². The van der Waals surface area contributed by atoms with Crippen LogP contribution in [-0.4, -0.2) is 32.3 Å². The molecule has 0 aromatic heterocycles. The fourth-order valence-corrected chi connectivity index (χ4v) is 2.64. The SMILES string of the molecule is COc1cc(Cl)c(CNC(=S)NC(=O)c2ccccc2OC)cc1OC. The predicted molar refractivity (Wildman–Crippen MR) is 104 cm³/mol. The second-order valence-electron chi connectivity index (χ2n) is 5.14. The summed E-state index contributed by atoms with van der Waals surface area (Å²) in [7, 11) is 4.58. The summed E-state index contributed by atoms with van der Waals surface area (Å²) in [5, 5.41) is 6.23. The number of thiocarbonyl (C=S) groups is 1. The molecule has 0 fully saturated rings. The van der Waals surface area contributed by atoms with Crippen molar-refractivity contribution < 1.29 is 19.0 Å². The van der Waals surface area contributed by atoms with E-state index in [0.29, 0.717) is 34.4 Å². The summed E-state index contributed by atoms with van der Waals surface area (Å²) in [6.07, 6.45) is 0. The molecule has 0 radical (unpaired) electrons. The zero-order valence-electron chi connectivity index (χ0n) is 14.6. The maximum atomic E-state index is 12.3. The molecule has 0 aliphatic carbocycles. The molecule has 8 heteroatoms. The van der Waals surface area contributed by atoms with Gasteiger partial charge in [0.15, 0.2) is 16.6 Å². The van der Waals surface area contributed by atoms with Crippen LogP contribution >= 0.6 is 23.8 Å². The third-order valence-electron chi connectivity index (χ3n) is 3.57. The Labute approximate surface area is 162 Å². The largest absolute Gasteiger partial charge is 0.496 e. The number of carbonyl (C=O) groups is 1. The van der Waals surface area contributed by atoms with Gasteiger partial charge in [0.05, 0.1) is 26.9 Å². The first-order chi connectivity index (χ1) is 12.5. The summed E-state index contributed by atoms with van der Waals surface area (Å²) in [4.78, 5) is 12.3. The van der Waals surface area contributed by atoms with Crippen LogP contribution in [0.1, 0.15) is 15.9 Å². The zero-order chi connectivity index (χ0) is 19.1. The molecule has 0 heterocycles. The number of hydrogen-bond acceptors (Lipinski definition) is 5. The van der Waals surface area contributed by atoms with E-state index in [0.717, 1.165) is 5.56 Å². The molecule has 0 aliphatic heterocycles. The minimum absolute atomic E-state index is 0.173. The number of carbonyl (C=O) groups excluding carboxylic acids is 1. The smallest absolute Gasteiger partial charge is 0.261 e. The highest BCUT2D eigenvalue weighted by Gasteiger charge is 2.14. The Hall–Kier alpha value is -2.51. The second-order valence-corrected chi connectivity index (χ2v) is 5.95. The molecule has 1 amide bonds. The number of methoxy groups -OCH3 is 3. The van der Waals surface area contributed by atoms with E-state index < -0.39 is 0 Å². The molecular formula is C18H19ClN2O4S. The average Bonchev–Trinajstić information content (AvgIpc) is 2.66. The first kappa shape index (κ1) is 19.8. The average molecular weight is 395 g/mol. The first-order valence-electron chi connectivity index (χ1n) is 7.62. The van der Waals surface area contributed by atoms with Crippen LogP contribution in [0.3, 0.4) is 0 Å². The highest BCUT2D eigenvalue weighted by Crippen LogP contribution is 2.32. The summed E-state index contributed by atoms with van der Waals surface area (Å²) < 4.78 is 15.6. The Morgan fingerprint density at radius 1 is 1.04 bits per heavy atom. The van der Waals surface area contributed by atoms with Crippen LogP contribution < -0.4 is 24.8 Å². The van der Waals surface area contributed by atoms with Gasteiger partial charge in [0.25, 0.3) is 5.91 Å². The van der Waals surface area contributed by atoms with Gasteiger partial charge in [0.2, 0.25) is 0 Å². The van der Waals surface area contributed by atoms with Gasteiger partial charge in [-0.2, -0.15) is 0 Å². The number of halogens is 1. The van der Waals surface area contributed by atoms with Crippen LogP contribution in [0.15, 0.2) is 36.4 Å². The van der Waals surface area contributed by atoms with Gasteiger partial charge in [-0.15, -0.1) is 0 Å². The quantitative estimate of drug-likeness (QED) is 0.733. The maximum Gasteiger partial charge on any atom is 0.261 e. The topological polar surface area (TPSA) is 68.8 Å². The van der Waals surface area contributed by atoms with Gasteiger partial charge in [-0.3, -0.25) is 10.1 Å². The van der Waals surface area contributed by atoms with Gasteiger partial charge in [-0.1, -0.05) is 23.7 Å². The maximum absolute atomic E-state index is 12.3. The van der Waals surface area contributed by atoms with E-state index in [4.69, 9.17) is 38.0 Å². The third kappa shape index (κ3) is 4.77. The van der Waals surface area contributed by atoms with Crippen molar-refractivity contribution in [3.8, 4) is 17.2 Å². The van der Waals surface area contributed by atoms with Crippen molar-refractivity contribution in [1.82, 2.24) is 10.6 Å². The third-order valence-corrected chi connectivity index (χ3v) is 4.17. The Balaban J connectivity index is 2.02. The molecule has 26 heavy (non-hydrogen) atoms. The molecule has 6 nitrogen and oxygen atoms in total. The van der Waals surface area contributed by atoms with Crippen LogP contribution in [0.2, 0.25) is 5.02 Å². The van der Waals surface area contributed by atoms with Crippen molar-refractivity contribution in [2.45, 2.75) is 6.54 Å². The highest BCUT2D eigenvalue weighted by atomic mass is 35.5. The van der Waals surface area contributed by atoms with Crippen LogP contribution in [-0.2, 0) is 6.54 Å². The summed E-state index contributed by atoms with van der Waals surface area (Å²) in [5.74, 6) is 1.19. The number of amides is 1. The van der Waals surface area contributed by atoms with E-state index in [-0.39, 0.29) is 11.0 Å². The fraction of sp³-hybridized carbons (Fsp3) is 0.222. The summed E-state index contributed by atoms with van der Waals surface area (Å²) in [6.45, 7) is 0.310. The lowest BCUT2D eigenvalue weighted by Gasteiger charge is -2.14. The molecule has 138 valence electrons. The molecule has 2 N–H and O–H groups in total. The zero-order valence-corrected chi connectivity index (χ0v) is 16.2. The van der Waals surface area contributed by atoms with E-state index in [1.165, 1.54) is 14.2 Å². The highest BCUT2D eigenvalue weighted by molar-refractivity contribution is 7.80. The van der Waals surface area contributed by atoms with Gasteiger partial charge in [-0.25, -0.2) is 0 Å². The van der Waals surface area contributed by atoms with E-state index in [9.17, 15) is 4.79 Å². The standard InChI is InChI=1S/C18H19ClN2O4S/c1-23-14-7-5-4-6-12(14)17(22)21-18(26)20-10-11-8-15(24-2)16(25-3)9-13(11)19/h4-9H,10H2,1-3H3,(H2,20,21,22,26). The first-order valence-corrected chi connectivity index (χ1v) is 8.41. The summed E-state index contributed by atoms with van der Waals surface area (Å²) >= 11 is 11.4. The molecule has 2 aromatic carbocycles. The molecule has 0 saturated carbocycles. The Morgan fingerprint density at radius 2 is 1.65 bits per heavy atom. The number of ether oxygens (including phenoxy) is 3. The molecule has 0 saturated heterocycles. The van der Waals surface area contributed by atoms with Crippen LogP contribution in [0.4, 0.5) is 0 Å². The lowest BCUT2D eigenvalue weighted by Crippen LogP contribution is -2.39. The molecule has 0 spiro atoms. The Morgan fingerprint density at radius 3 is 2.31 bits per heavy atom. The molecule has 0 unspecified atom stereocenters. The van der Waals surface area contributed by atoms with Crippen LogP contribution in [0.5, 0.6) is 17.2 Å². The normalized spacial score (nSPS) is 10.0. The van der Waals surface area contributed by atoms with Gasteiger partial charge < -0.3 is 19.5 Å². The number of para-hydroxylation sites is 1. The number of benzene rings is 2. The Kier molecular flexibility index (Phi) is 7.06. The van der Waals surface area contributed by atoms with Crippen LogP contribution in [0.25, 0.3) is 0 Å². The molecular weight excluding hydrogens is 376 g/mol. The second kappa shape index (κ2) is 9.26. The van der Waals surface area contributed by atoms with Gasteiger partial charge in [-0.05, 0) is 36.0 Å². The fourth-order valence-electron chi connectivity index (χ4n) is 2.25. The molecule has 2 rings (SSSR count). The van der Waals surface area contributed by atoms with Crippen molar-refractivity contribution in [2.75, 3.05) is 21.3 Å². The van der Waals surface area contributed by atoms with Gasteiger partial charge in [0, 0.05) is 17.6 Å². The monoisotopic (exact) mass is 394 g/mol. The van der Waals surface area contributed by atoms with E-state index in [1.807, 2.05) is 0 Å². The Bertz CT molecular complexity index is 814. The molecule has 0 aliphatic rings. The van der Waals surface area contributed by atoms with Gasteiger partial charge in [0.1, 0.15) is 5.75 Å². The molecule has 0 bridgehead atoms. The van der Waals surface area contributed by atoms with Crippen molar-refractivity contribution in [3.63, 3.8) is 0 Å². The molecule has 2 aromatic rings. The lowest BCUT2D eigenvalue weighted by molar-refractivity contribution is 0.0973. The van der Waals surface area contributed by atoms with Crippen molar-refractivity contribution in [3.05, 3.63) is 52.5 Å². The van der Waals surface area contributed by atoms with Crippen molar-refractivity contribution in [1.29, 1.82) is 0 Å². The van der Waals surface area contributed by atoms with Gasteiger partial charge >= 0.3 is 0 Å². The predicted octanol–water partition coefficient (Wildman–Crippen LogP) is 3.17. The van der Waals surface area contributed by atoms with E-state index >= 15 is 0 Å². The minimum Gasteiger partial charge on any atom is -0.496 e. The van der Waals surface area contributed by atoms with E-state index in [1.54, 1.807) is 43.5 Å². The summed E-state index contributed by atoms with van der Waals surface area (Å²) in [6, 6.07) is 10.3. The number of rotatable bonds is 6. The number of hydrogen-bond donors (Lipinski definition) is 2. The van der Waals surface area contributed by atoms with Crippen LogP contribution in [0, 0.1) is 0 Å².